The highest BCUT2D eigenvalue weighted by atomic mass is 32.2. The number of halogens is 2. The average Bonchev–Trinajstić information content (AvgIpc) is 2.28. The van der Waals surface area contributed by atoms with Crippen molar-refractivity contribution < 1.29 is 26.7 Å². The molecule has 0 saturated heterocycles. The molecule has 0 aliphatic rings. The van der Waals surface area contributed by atoms with Gasteiger partial charge in [0.15, 0.2) is 9.84 Å². The number of alkyl halides is 2. The zero-order chi connectivity index (χ0) is 14.8. The molecule has 0 aromatic rings. The van der Waals surface area contributed by atoms with Crippen LogP contribution in [0.3, 0.4) is 0 Å². The summed E-state index contributed by atoms with van der Waals surface area (Å²) < 4.78 is 47.6. The lowest BCUT2D eigenvalue weighted by Crippen LogP contribution is -2.18. The van der Waals surface area contributed by atoms with E-state index in [1.54, 1.807) is 6.07 Å². The Bertz CT molecular complexity index is 436. The van der Waals surface area contributed by atoms with Crippen LogP contribution in [0.5, 0.6) is 0 Å². The first-order chi connectivity index (χ1) is 8.22. The summed E-state index contributed by atoms with van der Waals surface area (Å²) in [5.41, 5.74) is 0. The highest BCUT2D eigenvalue weighted by Crippen LogP contribution is 1.98. The van der Waals surface area contributed by atoms with Crippen LogP contribution in [0.4, 0.5) is 8.78 Å². The van der Waals surface area contributed by atoms with Gasteiger partial charge in [-0.25, -0.2) is 13.2 Å². The first-order valence-electron chi connectivity index (χ1n) is 4.65. The van der Waals surface area contributed by atoms with E-state index in [0.29, 0.717) is 0 Å². The largest absolute Gasteiger partial charge is 0.462 e. The minimum Gasteiger partial charge on any atom is -0.462 e. The van der Waals surface area contributed by atoms with E-state index in [1.807, 2.05) is 0 Å². The molecule has 0 bridgehead atoms. The summed E-state index contributed by atoms with van der Waals surface area (Å²) in [5.74, 6) is -2.03. The predicted molar refractivity (Wildman–Crippen MR) is 57.1 cm³/mol. The fourth-order valence-electron chi connectivity index (χ4n) is 0.501. The highest BCUT2D eigenvalue weighted by Gasteiger charge is 2.19. The van der Waals surface area contributed by atoms with Crippen molar-refractivity contribution in [2.45, 2.75) is 25.5 Å². The van der Waals surface area contributed by atoms with E-state index in [9.17, 15) is 22.0 Å². The number of rotatable bonds is 4. The molecule has 0 fully saturated rings. The lowest BCUT2D eigenvalue weighted by molar-refractivity contribution is -0.155. The summed E-state index contributed by atoms with van der Waals surface area (Å²) in [6.07, 6.45) is -2.99. The van der Waals surface area contributed by atoms with E-state index in [0.717, 1.165) is 0 Å². The van der Waals surface area contributed by atoms with Crippen LogP contribution in [-0.2, 0) is 19.4 Å². The minimum absolute atomic E-state index is 0.00315. The van der Waals surface area contributed by atoms with Gasteiger partial charge < -0.3 is 4.74 Å². The zero-order valence-electron chi connectivity index (χ0n) is 9.76. The molecule has 0 rings (SSSR count). The van der Waals surface area contributed by atoms with Crippen molar-refractivity contribution in [1.82, 2.24) is 0 Å². The third-order valence-electron chi connectivity index (χ3n) is 1.45. The normalized spacial score (nSPS) is 11.5. The predicted octanol–water partition coefficient (Wildman–Crippen LogP) is 0.651. The Morgan fingerprint density at radius 1 is 1.39 bits per heavy atom. The van der Waals surface area contributed by atoms with Crippen molar-refractivity contribution in [1.29, 1.82) is 10.5 Å². The van der Waals surface area contributed by atoms with Crippen LogP contribution in [0.1, 0.15) is 13.8 Å². The molecular formula is C9H12F2N2O4S. The second-order valence-electron chi connectivity index (χ2n) is 2.79. The molecule has 0 saturated carbocycles. The molecule has 0 heterocycles. The van der Waals surface area contributed by atoms with Crippen LogP contribution >= 0.6 is 0 Å². The van der Waals surface area contributed by atoms with E-state index in [4.69, 9.17) is 10.5 Å². The summed E-state index contributed by atoms with van der Waals surface area (Å²) in [5, 5.41) is 15.1. The summed E-state index contributed by atoms with van der Waals surface area (Å²) in [6.45, 7) is 2.73. The molecule has 1 unspecified atom stereocenters. The maximum absolute atomic E-state index is 11.1. The number of nitrogens with zero attached hydrogens (tertiary/aromatic N) is 2. The van der Waals surface area contributed by atoms with Gasteiger partial charge in [-0.15, -0.1) is 0 Å². The lowest BCUT2D eigenvalue weighted by atomic mass is 10.5. The van der Waals surface area contributed by atoms with E-state index in [2.05, 4.69) is 4.74 Å². The van der Waals surface area contributed by atoms with Crippen molar-refractivity contribution >= 4 is 15.8 Å². The number of carbonyl (C=O) groups excluding carboxylic acids is 1. The Kier molecular flexibility index (Phi) is 9.63. The van der Waals surface area contributed by atoms with Gasteiger partial charge in [-0.2, -0.15) is 19.3 Å². The van der Waals surface area contributed by atoms with Crippen LogP contribution in [-0.4, -0.2) is 38.4 Å². The van der Waals surface area contributed by atoms with Gasteiger partial charge in [0.2, 0.25) is 0 Å². The maximum Gasteiger partial charge on any atom is 0.373 e. The summed E-state index contributed by atoms with van der Waals surface area (Å²) in [7, 11) is -3.48. The summed E-state index contributed by atoms with van der Waals surface area (Å²) >= 11 is 0. The number of nitriles is 2. The number of ether oxygens (including phenoxy) is 1. The molecule has 18 heavy (non-hydrogen) atoms. The molecule has 0 spiro atoms. The molecule has 9 heteroatoms. The van der Waals surface area contributed by atoms with E-state index in [1.165, 1.54) is 19.9 Å². The molecular weight excluding hydrogens is 270 g/mol. The van der Waals surface area contributed by atoms with Crippen LogP contribution in [0.2, 0.25) is 0 Å². The molecule has 0 aromatic heterocycles. The smallest absolute Gasteiger partial charge is 0.373 e. The van der Waals surface area contributed by atoms with Gasteiger partial charge in [0, 0.05) is 0 Å². The van der Waals surface area contributed by atoms with Crippen LogP contribution < -0.4 is 0 Å². The Morgan fingerprint density at radius 3 is 2.11 bits per heavy atom. The van der Waals surface area contributed by atoms with Gasteiger partial charge in [-0.05, 0) is 13.8 Å². The fraction of sp³-hybridized carbons (Fsp3) is 0.667. The van der Waals surface area contributed by atoms with Crippen molar-refractivity contribution in [3.05, 3.63) is 0 Å². The number of hydrogen-bond donors (Lipinski definition) is 0. The van der Waals surface area contributed by atoms with Gasteiger partial charge >= 0.3 is 12.4 Å². The Hall–Kier alpha value is -1.74. The van der Waals surface area contributed by atoms with Gasteiger partial charge in [-0.1, -0.05) is 0 Å². The Morgan fingerprint density at radius 2 is 1.89 bits per heavy atom. The lowest BCUT2D eigenvalue weighted by Gasteiger charge is -1.97. The van der Waals surface area contributed by atoms with Crippen LogP contribution in [0, 0.1) is 22.7 Å². The Labute approximate surface area is 104 Å². The number of sulfone groups is 1. The Balaban J connectivity index is 0. The van der Waals surface area contributed by atoms with Crippen LogP contribution in [0.25, 0.3) is 0 Å². The van der Waals surface area contributed by atoms with E-state index < -0.39 is 33.2 Å². The molecule has 0 aliphatic heterocycles. The standard InChI is InChI=1S/C5H6N2O2S.C4H6F2O2/c1-5(4-7)10(8,9)3-2-6;1-2-8-4(7)3(5)6/h5H,3H2,1H3;3H,2H2,1H3. The fourth-order valence-corrected chi connectivity index (χ4v) is 1.09. The van der Waals surface area contributed by atoms with Gasteiger partial charge in [0.1, 0.15) is 11.0 Å². The third kappa shape index (κ3) is 8.42. The molecule has 102 valence electrons. The van der Waals surface area contributed by atoms with Gasteiger partial charge in [-0.3, -0.25) is 0 Å². The van der Waals surface area contributed by atoms with Crippen molar-refractivity contribution in [3.63, 3.8) is 0 Å². The minimum atomic E-state index is -3.48. The molecule has 0 aliphatic carbocycles. The molecule has 1 atom stereocenters. The van der Waals surface area contributed by atoms with Crippen molar-refractivity contribution in [2.75, 3.05) is 12.4 Å². The van der Waals surface area contributed by atoms with Crippen molar-refractivity contribution in [3.8, 4) is 12.1 Å². The quantitative estimate of drug-likeness (QED) is 0.700. The first kappa shape index (κ1) is 18.6. The maximum atomic E-state index is 11.1. The van der Waals surface area contributed by atoms with Gasteiger partial charge in [0.05, 0.1) is 18.7 Å². The second-order valence-corrected chi connectivity index (χ2v) is 5.11. The number of esters is 1. The molecule has 0 radical (unpaired) electrons. The monoisotopic (exact) mass is 282 g/mol. The summed E-state index contributed by atoms with van der Waals surface area (Å²) in [4.78, 5) is 9.77. The number of carbonyl (C=O) groups is 1. The average molecular weight is 282 g/mol. The number of hydrogen-bond acceptors (Lipinski definition) is 6. The second kappa shape index (κ2) is 9.31. The molecule has 0 N–H and O–H groups in total. The molecule has 0 aromatic carbocycles. The van der Waals surface area contributed by atoms with Crippen LogP contribution in [0.15, 0.2) is 0 Å². The topological polar surface area (TPSA) is 108 Å². The van der Waals surface area contributed by atoms with Gasteiger partial charge in [0.25, 0.3) is 0 Å². The third-order valence-corrected chi connectivity index (χ3v) is 3.17. The zero-order valence-corrected chi connectivity index (χ0v) is 10.6. The molecule has 0 amide bonds. The first-order valence-corrected chi connectivity index (χ1v) is 6.37. The highest BCUT2D eigenvalue weighted by molar-refractivity contribution is 7.92. The SMILES string of the molecule is CC(C#N)S(=O)(=O)CC#N.CCOC(=O)C(F)F. The summed E-state index contributed by atoms with van der Waals surface area (Å²) in [6, 6.07) is 3.04. The van der Waals surface area contributed by atoms with E-state index >= 15 is 0 Å². The van der Waals surface area contributed by atoms with Crippen molar-refractivity contribution in [2.24, 2.45) is 0 Å². The molecule has 6 nitrogen and oxygen atoms in total. The van der Waals surface area contributed by atoms with E-state index in [-0.39, 0.29) is 6.61 Å².